The van der Waals surface area contributed by atoms with E-state index in [-0.39, 0.29) is 31.1 Å². The Labute approximate surface area is 278 Å². The standard InChI is InChI=1S/C37H40O8S2/c1-3-5-26-42-30-18-22-32(23-19-30)46(38,39)36-16-10-8-14-34(36)44-28-12-7-13-29-45-35-15-9-11-17-37(35)47(40,41)33-24-20-31(21-25-33)43-27-6-4-2/h3-6,8-11,14-25H,7,12-13,26-29H2,1-2H3. The molecule has 10 heteroatoms. The van der Waals surface area contributed by atoms with Crippen molar-refractivity contribution in [2.24, 2.45) is 0 Å². The van der Waals surface area contributed by atoms with Gasteiger partial charge < -0.3 is 18.9 Å². The quantitative estimate of drug-likeness (QED) is 0.0774. The first-order chi connectivity index (χ1) is 22.8. The lowest BCUT2D eigenvalue weighted by Gasteiger charge is -2.13. The number of benzene rings is 4. The molecule has 0 amide bonds. The van der Waals surface area contributed by atoms with Crippen LogP contribution in [0.25, 0.3) is 0 Å². The van der Waals surface area contributed by atoms with Gasteiger partial charge in [0.15, 0.2) is 0 Å². The van der Waals surface area contributed by atoms with E-state index in [1.807, 2.05) is 38.2 Å². The van der Waals surface area contributed by atoms with E-state index in [1.165, 1.54) is 36.4 Å². The minimum atomic E-state index is -3.81. The highest BCUT2D eigenvalue weighted by Crippen LogP contribution is 2.32. The zero-order valence-corrected chi connectivity index (χ0v) is 28.2. The van der Waals surface area contributed by atoms with Crippen molar-refractivity contribution in [1.29, 1.82) is 0 Å². The first-order valence-electron chi connectivity index (χ1n) is 15.4. The maximum atomic E-state index is 13.4. The van der Waals surface area contributed by atoms with Gasteiger partial charge in [-0.15, -0.1) is 0 Å². The van der Waals surface area contributed by atoms with Gasteiger partial charge in [0.2, 0.25) is 19.7 Å². The van der Waals surface area contributed by atoms with Gasteiger partial charge in [0.25, 0.3) is 0 Å². The molecule has 0 saturated heterocycles. The largest absolute Gasteiger partial charge is 0.492 e. The monoisotopic (exact) mass is 676 g/mol. The van der Waals surface area contributed by atoms with Crippen molar-refractivity contribution in [2.45, 2.75) is 52.7 Å². The Hall–Kier alpha value is -4.54. The van der Waals surface area contributed by atoms with Gasteiger partial charge in [0.05, 0.1) is 23.0 Å². The van der Waals surface area contributed by atoms with E-state index in [1.54, 1.807) is 60.7 Å². The summed E-state index contributed by atoms with van der Waals surface area (Å²) in [6.45, 7) is 5.23. The van der Waals surface area contributed by atoms with E-state index in [4.69, 9.17) is 18.9 Å². The van der Waals surface area contributed by atoms with Crippen molar-refractivity contribution in [3.05, 3.63) is 121 Å². The fourth-order valence-electron chi connectivity index (χ4n) is 4.49. The number of ether oxygens (including phenoxy) is 4. The van der Waals surface area contributed by atoms with Crippen LogP contribution >= 0.6 is 0 Å². The van der Waals surface area contributed by atoms with Crippen LogP contribution in [0.4, 0.5) is 0 Å². The van der Waals surface area contributed by atoms with E-state index in [2.05, 4.69) is 0 Å². The Morgan fingerprint density at radius 3 is 1.26 bits per heavy atom. The number of unbranched alkanes of at least 4 members (excludes halogenated alkanes) is 2. The number of sulfone groups is 2. The van der Waals surface area contributed by atoms with Crippen molar-refractivity contribution in [3.63, 3.8) is 0 Å². The summed E-state index contributed by atoms with van der Waals surface area (Å²) in [5, 5.41) is 0. The molecule has 0 saturated carbocycles. The van der Waals surface area contributed by atoms with E-state index in [9.17, 15) is 16.8 Å². The molecule has 0 radical (unpaired) electrons. The van der Waals surface area contributed by atoms with Gasteiger partial charge in [-0.3, -0.25) is 0 Å². The second-order valence-electron chi connectivity index (χ2n) is 10.4. The predicted octanol–water partition coefficient (Wildman–Crippen LogP) is 7.89. The summed E-state index contributed by atoms with van der Waals surface area (Å²) in [5.41, 5.74) is 0. The molecule has 0 aliphatic heterocycles. The molecule has 0 atom stereocenters. The predicted molar refractivity (Wildman–Crippen MR) is 182 cm³/mol. The first kappa shape index (κ1) is 35.3. The molecule has 8 nitrogen and oxygen atoms in total. The van der Waals surface area contributed by atoms with E-state index >= 15 is 0 Å². The van der Waals surface area contributed by atoms with Gasteiger partial charge >= 0.3 is 0 Å². The summed E-state index contributed by atoms with van der Waals surface area (Å²) in [5.74, 6) is 1.73. The van der Waals surface area contributed by atoms with Crippen LogP contribution in [0, 0.1) is 0 Å². The van der Waals surface area contributed by atoms with Crippen LogP contribution in [0.3, 0.4) is 0 Å². The number of hydrogen-bond donors (Lipinski definition) is 0. The Morgan fingerprint density at radius 2 is 0.872 bits per heavy atom. The van der Waals surface area contributed by atoms with Crippen LogP contribution in [-0.2, 0) is 19.7 Å². The Bertz CT molecular complexity index is 1710. The SMILES string of the molecule is CC=CCOc1ccc(S(=O)(=O)c2ccccc2OCCCCCOc2ccccc2S(=O)(=O)c2ccc(OCC=CC)cc2)cc1. The molecular formula is C37H40O8S2. The van der Waals surface area contributed by atoms with Gasteiger partial charge in [-0.2, -0.15) is 0 Å². The Kier molecular flexibility index (Phi) is 13.1. The Morgan fingerprint density at radius 1 is 0.489 bits per heavy atom. The molecule has 4 aromatic rings. The minimum absolute atomic E-state index is 0.0968. The fourth-order valence-corrected chi connectivity index (χ4v) is 7.29. The number of rotatable bonds is 18. The maximum Gasteiger partial charge on any atom is 0.210 e. The van der Waals surface area contributed by atoms with Gasteiger partial charge in [0.1, 0.15) is 46.0 Å². The zero-order valence-electron chi connectivity index (χ0n) is 26.6. The van der Waals surface area contributed by atoms with Crippen molar-refractivity contribution in [1.82, 2.24) is 0 Å². The molecule has 0 aliphatic carbocycles. The average molecular weight is 677 g/mol. The molecule has 4 rings (SSSR count). The molecule has 0 aliphatic rings. The summed E-state index contributed by atoms with van der Waals surface area (Å²) in [4.78, 5) is 0.494. The fraction of sp³-hybridized carbons (Fsp3) is 0.243. The van der Waals surface area contributed by atoms with E-state index < -0.39 is 19.7 Å². The van der Waals surface area contributed by atoms with E-state index in [0.717, 1.165) is 6.42 Å². The zero-order chi connectivity index (χ0) is 33.5. The maximum absolute atomic E-state index is 13.4. The highest BCUT2D eigenvalue weighted by Gasteiger charge is 2.23. The summed E-state index contributed by atoms with van der Waals surface area (Å²) in [6.07, 6.45) is 9.52. The van der Waals surface area contributed by atoms with Crippen LogP contribution in [0.5, 0.6) is 23.0 Å². The molecule has 0 N–H and O–H groups in total. The topological polar surface area (TPSA) is 105 Å². The van der Waals surface area contributed by atoms with E-state index in [0.29, 0.717) is 50.8 Å². The Balaban J connectivity index is 1.28. The molecule has 248 valence electrons. The molecule has 0 heterocycles. The molecule has 0 bridgehead atoms. The highest BCUT2D eigenvalue weighted by atomic mass is 32.2. The highest BCUT2D eigenvalue weighted by molar-refractivity contribution is 7.92. The lowest BCUT2D eigenvalue weighted by atomic mass is 10.2. The lowest BCUT2D eigenvalue weighted by molar-refractivity contribution is 0.273. The second kappa shape index (κ2) is 17.4. The third kappa shape index (κ3) is 9.73. The second-order valence-corrected chi connectivity index (χ2v) is 14.2. The summed E-state index contributed by atoms with van der Waals surface area (Å²) >= 11 is 0. The molecule has 4 aromatic carbocycles. The number of allylic oxidation sites excluding steroid dienone is 2. The molecule has 0 spiro atoms. The smallest absolute Gasteiger partial charge is 0.210 e. The van der Waals surface area contributed by atoms with Gasteiger partial charge in [-0.05, 0) is 106 Å². The van der Waals surface area contributed by atoms with Crippen LogP contribution < -0.4 is 18.9 Å². The summed E-state index contributed by atoms with van der Waals surface area (Å²) in [6, 6.07) is 25.8. The van der Waals surface area contributed by atoms with Crippen molar-refractivity contribution < 1.29 is 35.8 Å². The molecule has 0 aromatic heterocycles. The van der Waals surface area contributed by atoms with Crippen LogP contribution in [0.2, 0.25) is 0 Å². The van der Waals surface area contributed by atoms with Crippen LogP contribution in [0.15, 0.2) is 141 Å². The molecule has 0 fully saturated rings. The minimum Gasteiger partial charge on any atom is -0.492 e. The van der Waals surface area contributed by atoms with Crippen molar-refractivity contribution in [2.75, 3.05) is 26.4 Å². The summed E-state index contributed by atoms with van der Waals surface area (Å²) in [7, 11) is -7.62. The first-order valence-corrected chi connectivity index (χ1v) is 18.4. The number of para-hydroxylation sites is 2. The average Bonchev–Trinajstić information content (AvgIpc) is 3.09. The molecule has 0 unspecified atom stereocenters. The van der Waals surface area contributed by atoms with Crippen LogP contribution in [-0.4, -0.2) is 43.3 Å². The molecular weight excluding hydrogens is 637 g/mol. The van der Waals surface area contributed by atoms with Gasteiger partial charge in [-0.1, -0.05) is 48.6 Å². The normalized spacial score (nSPS) is 12.0. The molecule has 47 heavy (non-hydrogen) atoms. The van der Waals surface area contributed by atoms with Gasteiger partial charge in [-0.25, -0.2) is 16.8 Å². The van der Waals surface area contributed by atoms with Gasteiger partial charge in [0, 0.05) is 0 Å². The summed E-state index contributed by atoms with van der Waals surface area (Å²) < 4.78 is 76.5. The number of hydrogen-bond acceptors (Lipinski definition) is 8. The van der Waals surface area contributed by atoms with Crippen LogP contribution in [0.1, 0.15) is 33.1 Å². The van der Waals surface area contributed by atoms with Crippen molar-refractivity contribution in [3.8, 4) is 23.0 Å². The third-order valence-corrected chi connectivity index (χ3v) is 10.6. The van der Waals surface area contributed by atoms with Crippen molar-refractivity contribution >= 4 is 19.7 Å². The lowest BCUT2D eigenvalue weighted by Crippen LogP contribution is -2.08. The third-order valence-electron chi connectivity index (χ3n) is 7.01.